The summed E-state index contributed by atoms with van der Waals surface area (Å²) in [6.07, 6.45) is 0. The highest BCUT2D eigenvalue weighted by molar-refractivity contribution is 7.89. The fraction of sp³-hybridized carbons (Fsp3) is 0.556. The topological polar surface area (TPSA) is 92.5 Å². The van der Waals surface area contributed by atoms with Gasteiger partial charge in [0.2, 0.25) is 0 Å². The summed E-state index contributed by atoms with van der Waals surface area (Å²) < 4.78 is 30.3. The highest BCUT2D eigenvalue weighted by Crippen LogP contribution is 2.26. The van der Waals surface area contributed by atoms with Crippen LogP contribution >= 0.6 is 0 Å². The molecule has 1 aromatic rings. The zero-order chi connectivity index (χ0) is 12.8. The van der Waals surface area contributed by atoms with E-state index in [1.807, 2.05) is 0 Å². The summed E-state index contributed by atoms with van der Waals surface area (Å²) in [4.78, 5) is 11.5. The molecule has 1 fully saturated rings. The molecule has 17 heavy (non-hydrogen) atoms. The molecule has 1 N–H and O–H groups in total. The number of sulfonamides is 1. The van der Waals surface area contributed by atoms with E-state index >= 15 is 0 Å². The molecule has 1 aliphatic heterocycles. The second kappa shape index (κ2) is 3.73. The first kappa shape index (κ1) is 11.9. The van der Waals surface area contributed by atoms with E-state index in [1.54, 1.807) is 6.92 Å². The fourth-order valence-corrected chi connectivity index (χ4v) is 3.72. The number of aryl methyl sites for hydroxylation is 2. The van der Waals surface area contributed by atoms with Gasteiger partial charge in [-0.3, -0.25) is 0 Å². The van der Waals surface area contributed by atoms with Crippen molar-refractivity contribution in [1.29, 1.82) is 0 Å². The molecule has 2 rings (SSSR count). The maximum Gasteiger partial charge on any atom is 0.331 e. The Morgan fingerprint density at radius 1 is 1.47 bits per heavy atom. The van der Waals surface area contributed by atoms with Crippen LogP contribution in [-0.2, 0) is 10.0 Å². The minimum Gasteiger partial charge on any atom is -0.360 e. The molecule has 1 aromatic heterocycles. The van der Waals surface area contributed by atoms with Crippen molar-refractivity contribution in [3.8, 4) is 0 Å². The lowest BCUT2D eigenvalue weighted by Gasteiger charge is -2.19. The number of carbonyl (C=O) groups excluding carboxylic acids is 1. The number of hydrogen-bond donors (Lipinski definition) is 1. The normalized spacial score (nSPS) is 20.8. The first-order valence-corrected chi connectivity index (χ1v) is 6.55. The summed E-state index contributed by atoms with van der Waals surface area (Å²) in [7, 11) is -3.89. The molecule has 2 heterocycles. The second-order valence-electron chi connectivity index (χ2n) is 3.99. The van der Waals surface area contributed by atoms with Gasteiger partial charge >= 0.3 is 6.03 Å². The van der Waals surface area contributed by atoms with Gasteiger partial charge in [-0.1, -0.05) is 5.16 Å². The van der Waals surface area contributed by atoms with Crippen LogP contribution in [0.3, 0.4) is 0 Å². The van der Waals surface area contributed by atoms with Crippen LogP contribution in [0.25, 0.3) is 0 Å². The molecule has 0 aromatic carbocycles. The van der Waals surface area contributed by atoms with E-state index in [4.69, 9.17) is 4.52 Å². The van der Waals surface area contributed by atoms with Gasteiger partial charge in [0.25, 0.3) is 10.0 Å². The Balaban J connectivity index is 2.54. The molecule has 1 saturated heterocycles. The van der Waals surface area contributed by atoms with E-state index in [0.29, 0.717) is 6.54 Å². The quantitative estimate of drug-likeness (QED) is 0.829. The molecule has 7 nitrogen and oxygen atoms in total. The lowest BCUT2D eigenvalue weighted by molar-refractivity contribution is 0.232. The Morgan fingerprint density at radius 2 is 2.12 bits per heavy atom. The highest BCUT2D eigenvalue weighted by atomic mass is 32.2. The SMILES string of the molecule is Cc1noc(C)c1S(=O)(=O)N1C(=O)NC[C@H]1C. The second-order valence-corrected chi connectivity index (χ2v) is 5.74. The first-order chi connectivity index (χ1) is 7.85. The molecular formula is C9H13N3O4S. The Morgan fingerprint density at radius 3 is 2.53 bits per heavy atom. The van der Waals surface area contributed by atoms with Gasteiger partial charge in [0.15, 0.2) is 10.7 Å². The molecule has 2 amide bonds. The first-order valence-electron chi connectivity index (χ1n) is 5.11. The van der Waals surface area contributed by atoms with Crippen LogP contribution in [0.2, 0.25) is 0 Å². The van der Waals surface area contributed by atoms with Gasteiger partial charge in [-0.15, -0.1) is 0 Å². The maximum absolute atomic E-state index is 12.3. The van der Waals surface area contributed by atoms with E-state index in [9.17, 15) is 13.2 Å². The van der Waals surface area contributed by atoms with Crippen LogP contribution in [0.1, 0.15) is 18.4 Å². The van der Waals surface area contributed by atoms with Crippen molar-refractivity contribution in [3.63, 3.8) is 0 Å². The van der Waals surface area contributed by atoms with Gasteiger partial charge in [0, 0.05) is 6.54 Å². The average Bonchev–Trinajstić information content (AvgIpc) is 2.71. The average molecular weight is 259 g/mol. The third-order valence-electron chi connectivity index (χ3n) is 2.63. The molecule has 1 aliphatic rings. The summed E-state index contributed by atoms with van der Waals surface area (Å²) in [6.45, 7) is 5.00. The van der Waals surface area contributed by atoms with Crippen molar-refractivity contribution in [3.05, 3.63) is 11.5 Å². The van der Waals surface area contributed by atoms with Crippen molar-refractivity contribution in [1.82, 2.24) is 14.8 Å². The summed E-state index contributed by atoms with van der Waals surface area (Å²) >= 11 is 0. The predicted molar refractivity (Wildman–Crippen MR) is 57.9 cm³/mol. The molecule has 0 aliphatic carbocycles. The molecule has 0 radical (unpaired) electrons. The molecule has 0 saturated carbocycles. The largest absolute Gasteiger partial charge is 0.360 e. The van der Waals surface area contributed by atoms with Crippen molar-refractivity contribution in [2.45, 2.75) is 31.7 Å². The number of nitrogens with zero attached hydrogens (tertiary/aromatic N) is 2. The molecule has 94 valence electrons. The van der Waals surface area contributed by atoms with E-state index in [0.717, 1.165) is 4.31 Å². The molecule has 0 unspecified atom stereocenters. The predicted octanol–water partition coefficient (Wildman–Crippen LogP) is 0.394. The summed E-state index contributed by atoms with van der Waals surface area (Å²) in [5.41, 5.74) is 0.259. The summed E-state index contributed by atoms with van der Waals surface area (Å²) in [6, 6.07) is -1.03. The standard InChI is InChI=1S/C9H13N3O4S/c1-5-4-10-9(13)12(5)17(14,15)8-6(2)11-16-7(8)3/h5H,4H2,1-3H3,(H,10,13)/t5-/m1/s1. The van der Waals surface area contributed by atoms with E-state index in [1.165, 1.54) is 13.8 Å². The Kier molecular flexibility index (Phi) is 2.61. The van der Waals surface area contributed by atoms with Crippen molar-refractivity contribution < 1.29 is 17.7 Å². The third-order valence-corrected chi connectivity index (χ3v) is 4.78. The number of amides is 2. The number of carbonyl (C=O) groups is 1. The zero-order valence-corrected chi connectivity index (χ0v) is 10.5. The number of urea groups is 1. The summed E-state index contributed by atoms with van der Waals surface area (Å²) in [5, 5.41) is 6.07. The fourth-order valence-electron chi connectivity index (χ4n) is 1.88. The smallest absolute Gasteiger partial charge is 0.331 e. The van der Waals surface area contributed by atoms with E-state index in [-0.39, 0.29) is 16.3 Å². The monoisotopic (exact) mass is 259 g/mol. The van der Waals surface area contributed by atoms with E-state index in [2.05, 4.69) is 10.5 Å². The molecule has 8 heteroatoms. The minimum atomic E-state index is -3.89. The van der Waals surface area contributed by atoms with Crippen LogP contribution in [0.15, 0.2) is 9.42 Å². The molecular weight excluding hydrogens is 246 g/mol. The minimum absolute atomic E-state index is 0.0265. The zero-order valence-electron chi connectivity index (χ0n) is 9.72. The molecule has 1 atom stereocenters. The van der Waals surface area contributed by atoms with Crippen LogP contribution in [0, 0.1) is 13.8 Å². The van der Waals surface area contributed by atoms with Gasteiger partial charge in [0.05, 0.1) is 6.04 Å². The van der Waals surface area contributed by atoms with Gasteiger partial charge in [-0.05, 0) is 20.8 Å². The van der Waals surface area contributed by atoms with Gasteiger partial charge in [-0.2, -0.15) is 0 Å². The van der Waals surface area contributed by atoms with Crippen LogP contribution in [0.4, 0.5) is 4.79 Å². The van der Waals surface area contributed by atoms with Crippen LogP contribution in [-0.4, -0.2) is 36.5 Å². The highest BCUT2D eigenvalue weighted by Gasteiger charge is 2.41. The van der Waals surface area contributed by atoms with Gasteiger partial charge < -0.3 is 9.84 Å². The Hall–Kier alpha value is -1.57. The lowest BCUT2D eigenvalue weighted by Crippen LogP contribution is -2.38. The van der Waals surface area contributed by atoms with Crippen LogP contribution in [0.5, 0.6) is 0 Å². The molecule has 0 bridgehead atoms. The number of nitrogens with one attached hydrogen (secondary N) is 1. The van der Waals surface area contributed by atoms with Gasteiger partial charge in [-0.25, -0.2) is 17.5 Å². The van der Waals surface area contributed by atoms with E-state index < -0.39 is 22.1 Å². The number of rotatable bonds is 2. The number of aromatic nitrogens is 1. The van der Waals surface area contributed by atoms with Crippen molar-refractivity contribution in [2.75, 3.05) is 6.54 Å². The third kappa shape index (κ3) is 1.68. The summed E-state index contributed by atoms with van der Waals surface area (Å²) in [5.74, 6) is 0.189. The maximum atomic E-state index is 12.3. The molecule has 0 spiro atoms. The van der Waals surface area contributed by atoms with Crippen molar-refractivity contribution in [2.24, 2.45) is 0 Å². The Bertz CT molecular complexity index is 543. The van der Waals surface area contributed by atoms with Crippen molar-refractivity contribution >= 4 is 16.1 Å². The number of hydrogen-bond acceptors (Lipinski definition) is 5. The van der Waals surface area contributed by atoms with Crippen LogP contribution < -0.4 is 5.32 Å². The Labute approximate surface area is 98.8 Å². The lowest BCUT2D eigenvalue weighted by atomic mass is 10.4. The van der Waals surface area contributed by atoms with Gasteiger partial charge in [0.1, 0.15) is 5.69 Å².